The highest BCUT2D eigenvalue weighted by atomic mass is 35.5. The summed E-state index contributed by atoms with van der Waals surface area (Å²) < 4.78 is 0. The summed E-state index contributed by atoms with van der Waals surface area (Å²) in [5.74, 6) is -0.248. The molecule has 0 aliphatic heterocycles. The van der Waals surface area contributed by atoms with Crippen LogP contribution < -0.4 is 5.32 Å². The van der Waals surface area contributed by atoms with Gasteiger partial charge in [-0.1, -0.05) is 59.2 Å². The molecular formula is C17H17ClN2O2. The van der Waals surface area contributed by atoms with Gasteiger partial charge in [0.15, 0.2) is 6.61 Å². The van der Waals surface area contributed by atoms with Crippen molar-refractivity contribution in [2.75, 3.05) is 6.61 Å². The Labute approximate surface area is 134 Å². The number of amides is 1. The molecule has 0 radical (unpaired) electrons. The molecule has 0 saturated carbocycles. The van der Waals surface area contributed by atoms with E-state index in [9.17, 15) is 4.79 Å². The van der Waals surface area contributed by atoms with E-state index in [1.807, 2.05) is 49.4 Å². The minimum absolute atomic E-state index is 0.132. The Kier molecular flexibility index (Phi) is 5.98. The lowest BCUT2D eigenvalue weighted by Gasteiger charge is -2.06. The highest BCUT2D eigenvalue weighted by Crippen LogP contribution is 2.14. The molecule has 1 N–H and O–H groups in total. The monoisotopic (exact) mass is 316 g/mol. The number of halogens is 1. The van der Waals surface area contributed by atoms with Crippen LogP contribution in [0, 0.1) is 6.92 Å². The molecular weight excluding hydrogens is 300 g/mol. The van der Waals surface area contributed by atoms with Crippen LogP contribution in [0.5, 0.6) is 0 Å². The molecule has 114 valence electrons. The number of carbonyl (C=O) groups is 1. The highest BCUT2D eigenvalue weighted by molar-refractivity contribution is 6.31. The molecule has 0 aliphatic rings. The van der Waals surface area contributed by atoms with Crippen molar-refractivity contribution in [2.24, 2.45) is 5.16 Å². The molecule has 0 fully saturated rings. The Morgan fingerprint density at radius 1 is 1.23 bits per heavy atom. The van der Waals surface area contributed by atoms with E-state index in [1.54, 1.807) is 12.3 Å². The maximum atomic E-state index is 11.7. The molecule has 2 aromatic rings. The van der Waals surface area contributed by atoms with E-state index >= 15 is 0 Å². The highest BCUT2D eigenvalue weighted by Gasteiger charge is 2.03. The van der Waals surface area contributed by atoms with E-state index in [2.05, 4.69) is 10.5 Å². The molecule has 2 rings (SSSR count). The molecule has 0 spiro atoms. The first-order valence-electron chi connectivity index (χ1n) is 6.88. The molecule has 22 heavy (non-hydrogen) atoms. The Balaban J connectivity index is 1.74. The third-order valence-corrected chi connectivity index (χ3v) is 3.45. The Morgan fingerprint density at radius 2 is 1.95 bits per heavy atom. The number of nitrogens with zero attached hydrogens (tertiary/aromatic N) is 1. The fourth-order valence-electron chi connectivity index (χ4n) is 1.81. The van der Waals surface area contributed by atoms with Crippen molar-refractivity contribution in [3.8, 4) is 0 Å². The number of benzene rings is 2. The zero-order valence-electron chi connectivity index (χ0n) is 12.3. The lowest BCUT2D eigenvalue weighted by Crippen LogP contribution is -2.26. The van der Waals surface area contributed by atoms with Crippen molar-refractivity contribution in [1.82, 2.24) is 5.32 Å². The maximum Gasteiger partial charge on any atom is 0.261 e. The van der Waals surface area contributed by atoms with E-state index in [0.29, 0.717) is 11.6 Å². The van der Waals surface area contributed by atoms with Gasteiger partial charge in [-0.15, -0.1) is 0 Å². The fraction of sp³-hybridized carbons (Fsp3) is 0.176. The van der Waals surface area contributed by atoms with Crippen molar-refractivity contribution >= 4 is 23.7 Å². The van der Waals surface area contributed by atoms with Crippen LogP contribution in [-0.2, 0) is 16.2 Å². The smallest absolute Gasteiger partial charge is 0.261 e. The van der Waals surface area contributed by atoms with Crippen molar-refractivity contribution in [3.63, 3.8) is 0 Å². The van der Waals surface area contributed by atoms with Crippen molar-refractivity contribution in [2.45, 2.75) is 13.5 Å². The Morgan fingerprint density at radius 3 is 2.73 bits per heavy atom. The summed E-state index contributed by atoms with van der Waals surface area (Å²) in [6.07, 6.45) is 1.59. The minimum Gasteiger partial charge on any atom is -0.386 e. The van der Waals surface area contributed by atoms with Crippen LogP contribution in [0.1, 0.15) is 16.7 Å². The average Bonchev–Trinajstić information content (AvgIpc) is 2.52. The second kappa shape index (κ2) is 8.20. The predicted molar refractivity (Wildman–Crippen MR) is 88.0 cm³/mol. The van der Waals surface area contributed by atoms with Gasteiger partial charge in [-0.25, -0.2) is 0 Å². The first kappa shape index (κ1) is 16.0. The second-order valence-corrected chi connectivity index (χ2v) is 5.14. The molecule has 0 atom stereocenters. The van der Waals surface area contributed by atoms with Crippen LogP contribution in [-0.4, -0.2) is 18.7 Å². The van der Waals surface area contributed by atoms with Gasteiger partial charge in [-0.2, -0.15) is 0 Å². The summed E-state index contributed by atoms with van der Waals surface area (Å²) in [5, 5.41) is 7.16. The normalized spacial score (nSPS) is 10.6. The molecule has 5 heteroatoms. The van der Waals surface area contributed by atoms with Crippen LogP contribution in [0.3, 0.4) is 0 Å². The number of aryl methyl sites for hydroxylation is 1. The van der Waals surface area contributed by atoms with Crippen LogP contribution >= 0.6 is 11.6 Å². The third kappa shape index (κ3) is 4.90. The SMILES string of the molecule is Cc1ccccc1/C=N\OCC(=O)NCc1ccccc1Cl. The second-order valence-electron chi connectivity index (χ2n) is 4.73. The molecule has 4 nitrogen and oxygen atoms in total. The van der Waals surface area contributed by atoms with Gasteiger partial charge in [0.1, 0.15) is 0 Å². The van der Waals surface area contributed by atoms with Crippen LogP contribution in [0.4, 0.5) is 0 Å². The molecule has 1 amide bonds. The quantitative estimate of drug-likeness (QED) is 0.656. The van der Waals surface area contributed by atoms with Crippen LogP contribution in [0.25, 0.3) is 0 Å². The van der Waals surface area contributed by atoms with Gasteiger partial charge in [0.05, 0.1) is 6.21 Å². The predicted octanol–water partition coefficient (Wildman–Crippen LogP) is 3.32. The lowest BCUT2D eigenvalue weighted by molar-refractivity contribution is -0.125. The average molecular weight is 317 g/mol. The topological polar surface area (TPSA) is 50.7 Å². The standard InChI is InChI=1S/C17H17ClN2O2/c1-13-6-2-3-7-14(13)11-20-22-12-17(21)19-10-15-8-4-5-9-16(15)18/h2-9,11H,10,12H2,1H3,(H,19,21)/b20-11-. The summed E-state index contributed by atoms with van der Waals surface area (Å²) in [5.41, 5.74) is 2.91. The molecule has 0 saturated heterocycles. The van der Waals surface area contributed by atoms with Crippen molar-refractivity contribution in [3.05, 3.63) is 70.2 Å². The molecule has 0 aliphatic carbocycles. The van der Waals surface area contributed by atoms with Crippen molar-refractivity contribution in [1.29, 1.82) is 0 Å². The summed E-state index contributed by atoms with van der Waals surface area (Å²) in [6, 6.07) is 15.1. The van der Waals surface area contributed by atoms with E-state index in [1.165, 1.54) is 0 Å². The summed E-state index contributed by atoms with van der Waals surface area (Å²) in [7, 11) is 0. The van der Waals surface area contributed by atoms with Gasteiger partial charge in [0.25, 0.3) is 5.91 Å². The van der Waals surface area contributed by atoms with Gasteiger partial charge in [0, 0.05) is 11.6 Å². The van der Waals surface area contributed by atoms with Gasteiger partial charge in [0.2, 0.25) is 0 Å². The third-order valence-electron chi connectivity index (χ3n) is 3.08. The van der Waals surface area contributed by atoms with Gasteiger partial charge < -0.3 is 10.2 Å². The van der Waals surface area contributed by atoms with E-state index in [0.717, 1.165) is 16.7 Å². The Bertz CT molecular complexity index is 671. The number of nitrogens with one attached hydrogen (secondary N) is 1. The summed E-state index contributed by atoms with van der Waals surface area (Å²) >= 11 is 6.01. The minimum atomic E-state index is -0.248. The van der Waals surface area contributed by atoms with Gasteiger partial charge in [-0.05, 0) is 29.7 Å². The van der Waals surface area contributed by atoms with E-state index in [4.69, 9.17) is 16.4 Å². The molecule has 0 aromatic heterocycles. The fourth-order valence-corrected chi connectivity index (χ4v) is 2.01. The maximum absolute atomic E-state index is 11.7. The first-order chi connectivity index (χ1) is 10.7. The number of rotatable bonds is 6. The molecule has 0 unspecified atom stereocenters. The van der Waals surface area contributed by atoms with Gasteiger partial charge >= 0.3 is 0 Å². The zero-order chi connectivity index (χ0) is 15.8. The van der Waals surface area contributed by atoms with E-state index < -0.39 is 0 Å². The number of oxime groups is 1. The summed E-state index contributed by atoms with van der Waals surface area (Å²) in [4.78, 5) is 16.7. The largest absolute Gasteiger partial charge is 0.386 e. The van der Waals surface area contributed by atoms with E-state index in [-0.39, 0.29) is 12.5 Å². The number of hydrogen-bond acceptors (Lipinski definition) is 3. The van der Waals surface area contributed by atoms with Crippen molar-refractivity contribution < 1.29 is 9.63 Å². The first-order valence-corrected chi connectivity index (χ1v) is 7.25. The van der Waals surface area contributed by atoms with Gasteiger partial charge in [-0.3, -0.25) is 4.79 Å². The molecule has 0 heterocycles. The van der Waals surface area contributed by atoms with Crippen LogP contribution in [0.15, 0.2) is 53.7 Å². The van der Waals surface area contributed by atoms with Crippen LogP contribution in [0.2, 0.25) is 5.02 Å². The lowest BCUT2D eigenvalue weighted by atomic mass is 10.1. The number of hydrogen-bond donors (Lipinski definition) is 1. The molecule has 0 bridgehead atoms. The Hall–Kier alpha value is -2.33. The summed E-state index contributed by atoms with van der Waals surface area (Å²) in [6.45, 7) is 2.22. The zero-order valence-corrected chi connectivity index (χ0v) is 13.0. The molecule has 2 aromatic carbocycles. The number of carbonyl (C=O) groups excluding carboxylic acids is 1.